The quantitative estimate of drug-likeness (QED) is 0.0543. The van der Waals surface area contributed by atoms with Crippen LogP contribution in [0.5, 0.6) is 0 Å². The van der Waals surface area contributed by atoms with Crippen LogP contribution in [0.4, 0.5) is 0 Å². The van der Waals surface area contributed by atoms with E-state index in [0.717, 1.165) is 51.6 Å². The smallest absolute Gasteiger partial charge is 0.0647 e. The Morgan fingerprint density at radius 1 is 0.413 bits per heavy atom. The lowest BCUT2D eigenvalue weighted by Gasteiger charge is -2.29. The standard InChI is InChI=1S/C44H83NO/c1-5-8-10-12-14-16-18-20-22-24-26-28-30-32-34-36-40-44(46,42-38-39-43-45(4)7-3)41-37-35-33-31-29-27-25-23-21-19-17-15-13-11-9-6-2/h14-17,20-23,46H,5-13,18-19,24-43H2,1-4H3/b16-14-,17-15-,22-20-,23-21-. The minimum Gasteiger partial charge on any atom is -0.390 e. The SMILES string of the molecule is CCCCC/C=C\C/C=C\CCCCCCCCC(O)(CCCCCCCC/C=C\C/C=C\CCCCC)CCCCN(C)CC. The highest BCUT2D eigenvalue weighted by atomic mass is 16.3. The minimum absolute atomic E-state index is 0.435. The van der Waals surface area contributed by atoms with E-state index in [1.54, 1.807) is 0 Å². The van der Waals surface area contributed by atoms with Gasteiger partial charge in [0.2, 0.25) is 0 Å². The van der Waals surface area contributed by atoms with Gasteiger partial charge in [0, 0.05) is 0 Å². The number of rotatable bonds is 36. The third-order valence-electron chi connectivity index (χ3n) is 9.66. The molecule has 2 heteroatoms. The molecule has 0 fully saturated rings. The second-order valence-corrected chi connectivity index (χ2v) is 14.2. The number of aliphatic hydroxyl groups is 1. The maximum absolute atomic E-state index is 11.6. The number of unbranched alkanes of at least 4 members (excludes halogenated alkanes) is 19. The van der Waals surface area contributed by atoms with Gasteiger partial charge in [-0.25, -0.2) is 0 Å². The molecule has 270 valence electrons. The molecule has 0 radical (unpaired) electrons. The van der Waals surface area contributed by atoms with E-state index in [1.807, 2.05) is 0 Å². The van der Waals surface area contributed by atoms with E-state index < -0.39 is 5.60 Å². The predicted molar refractivity (Wildman–Crippen MR) is 210 cm³/mol. The molecule has 0 aromatic carbocycles. The molecule has 0 spiro atoms. The Balaban J connectivity index is 4.05. The molecule has 0 aromatic rings. The van der Waals surface area contributed by atoms with Gasteiger partial charge in [0.25, 0.3) is 0 Å². The number of nitrogens with zero attached hydrogens (tertiary/aromatic N) is 1. The van der Waals surface area contributed by atoms with E-state index in [1.165, 1.54) is 148 Å². The monoisotopic (exact) mass is 642 g/mol. The molecule has 0 unspecified atom stereocenters. The van der Waals surface area contributed by atoms with Gasteiger partial charge in [-0.15, -0.1) is 0 Å². The second-order valence-electron chi connectivity index (χ2n) is 14.2. The van der Waals surface area contributed by atoms with Gasteiger partial charge in [-0.3, -0.25) is 0 Å². The molecule has 0 saturated carbocycles. The van der Waals surface area contributed by atoms with Gasteiger partial charge in [-0.05, 0) is 116 Å². The molecular weight excluding hydrogens is 558 g/mol. The molecule has 0 aliphatic heterocycles. The Labute approximate surface area is 290 Å². The maximum Gasteiger partial charge on any atom is 0.0647 e. The van der Waals surface area contributed by atoms with Crippen LogP contribution in [0, 0.1) is 0 Å². The summed E-state index contributed by atoms with van der Waals surface area (Å²) >= 11 is 0. The fraction of sp³-hybridized carbons (Fsp3) is 0.818. The molecule has 0 amide bonds. The lowest BCUT2D eigenvalue weighted by atomic mass is 9.85. The molecule has 0 aliphatic rings. The van der Waals surface area contributed by atoms with Crippen LogP contribution in [0.2, 0.25) is 0 Å². The highest BCUT2D eigenvalue weighted by Gasteiger charge is 2.25. The van der Waals surface area contributed by atoms with Crippen LogP contribution in [0.1, 0.15) is 207 Å². The largest absolute Gasteiger partial charge is 0.390 e. The van der Waals surface area contributed by atoms with Crippen LogP contribution in [-0.2, 0) is 0 Å². The lowest BCUT2D eigenvalue weighted by Crippen LogP contribution is -2.29. The Morgan fingerprint density at radius 3 is 1.11 bits per heavy atom. The number of allylic oxidation sites excluding steroid dienone is 8. The summed E-state index contributed by atoms with van der Waals surface area (Å²) in [6, 6.07) is 0. The fourth-order valence-corrected chi connectivity index (χ4v) is 6.25. The summed E-state index contributed by atoms with van der Waals surface area (Å²) in [6.07, 6.45) is 54.9. The van der Waals surface area contributed by atoms with Crippen LogP contribution in [0.3, 0.4) is 0 Å². The van der Waals surface area contributed by atoms with Crippen molar-refractivity contribution in [1.29, 1.82) is 0 Å². The van der Waals surface area contributed by atoms with Crippen molar-refractivity contribution in [1.82, 2.24) is 4.90 Å². The van der Waals surface area contributed by atoms with Crippen LogP contribution in [-0.4, -0.2) is 35.7 Å². The summed E-state index contributed by atoms with van der Waals surface area (Å²) in [5.41, 5.74) is -0.435. The summed E-state index contributed by atoms with van der Waals surface area (Å²) in [4.78, 5) is 2.39. The molecule has 2 nitrogen and oxygen atoms in total. The molecular formula is C44H83NO. The maximum atomic E-state index is 11.6. The van der Waals surface area contributed by atoms with Crippen molar-refractivity contribution in [2.24, 2.45) is 0 Å². The zero-order chi connectivity index (χ0) is 33.7. The summed E-state index contributed by atoms with van der Waals surface area (Å²) in [5, 5.41) is 11.6. The average molecular weight is 642 g/mol. The van der Waals surface area contributed by atoms with Crippen molar-refractivity contribution in [2.45, 2.75) is 213 Å². The Morgan fingerprint density at radius 2 is 0.739 bits per heavy atom. The zero-order valence-electron chi connectivity index (χ0n) is 31.9. The summed E-state index contributed by atoms with van der Waals surface area (Å²) in [5.74, 6) is 0. The first kappa shape index (κ1) is 44.9. The third-order valence-corrected chi connectivity index (χ3v) is 9.66. The van der Waals surface area contributed by atoms with E-state index in [4.69, 9.17) is 0 Å². The van der Waals surface area contributed by atoms with Crippen molar-refractivity contribution in [3.63, 3.8) is 0 Å². The average Bonchev–Trinajstić information content (AvgIpc) is 3.06. The molecule has 46 heavy (non-hydrogen) atoms. The lowest BCUT2D eigenvalue weighted by molar-refractivity contribution is 0.00677. The number of hydrogen-bond acceptors (Lipinski definition) is 2. The van der Waals surface area contributed by atoms with Gasteiger partial charge in [-0.1, -0.05) is 159 Å². The van der Waals surface area contributed by atoms with E-state index in [-0.39, 0.29) is 0 Å². The van der Waals surface area contributed by atoms with Crippen molar-refractivity contribution < 1.29 is 5.11 Å². The normalized spacial score (nSPS) is 12.8. The first-order valence-corrected chi connectivity index (χ1v) is 20.6. The summed E-state index contributed by atoms with van der Waals surface area (Å²) in [6.45, 7) is 9.03. The zero-order valence-corrected chi connectivity index (χ0v) is 31.9. The molecule has 0 saturated heterocycles. The first-order chi connectivity index (χ1) is 22.6. The molecule has 0 atom stereocenters. The van der Waals surface area contributed by atoms with E-state index >= 15 is 0 Å². The Hall–Kier alpha value is -1.12. The van der Waals surface area contributed by atoms with Gasteiger partial charge >= 0.3 is 0 Å². The molecule has 1 N–H and O–H groups in total. The molecule has 0 bridgehead atoms. The van der Waals surface area contributed by atoms with Gasteiger partial charge in [0.1, 0.15) is 0 Å². The van der Waals surface area contributed by atoms with Gasteiger partial charge in [-0.2, -0.15) is 0 Å². The van der Waals surface area contributed by atoms with Crippen LogP contribution in [0.25, 0.3) is 0 Å². The first-order valence-electron chi connectivity index (χ1n) is 20.6. The van der Waals surface area contributed by atoms with Crippen molar-refractivity contribution in [2.75, 3.05) is 20.1 Å². The summed E-state index contributed by atoms with van der Waals surface area (Å²) in [7, 11) is 2.21. The van der Waals surface area contributed by atoms with Crippen LogP contribution >= 0.6 is 0 Å². The highest BCUT2D eigenvalue weighted by Crippen LogP contribution is 2.29. The minimum atomic E-state index is -0.435. The molecule has 0 aliphatic carbocycles. The van der Waals surface area contributed by atoms with Crippen LogP contribution < -0.4 is 0 Å². The van der Waals surface area contributed by atoms with Gasteiger partial charge in [0.15, 0.2) is 0 Å². The Kier molecular flexibility index (Phi) is 35.8. The fourth-order valence-electron chi connectivity index (χ4n) is 6.25. The van der Waals surface area contributed by atoms with Crippen molar-refractivity contribution >= 4 is 0 Å². The van der Waals surface area contributed by atoms with Crippen molar-refractivity contribution in [3.05, 3.63) is 48.6 Å². The summed E-state index contributed by atoms with van der Waals surface area (Å²) < 4.78 is 0. The number of hydrogen-bond donors (Lipinski definition) is 1. The van der Waals surface area contributed by atoms with Crippen molar-refractivity contribution in [3.8, 4) is 0 Å². The molecule has 0 rings (SSSR count). The van der Waals surface area contributed by atoms with E-state index in [0.29, 0.717) is 0 Å². The molecule has 0 aromatic heterocycles. The Bertz CT molecular complexity index is 657. The van der Waals surface area contributed by atoms with Gasteiger partial charge in [0.05, 0.1) is 5.60 Å². The predicted octanol–water partition coefficient (Wildman–Crippen LogP) is 14.2. The van der Waals surface area contributed by atoms with Crippen LogP contribution in [0.15, 0.2) is 48.6 Å². The third kappa shape index (κ3) is 34.2. The second kappa shape index (κ2) is 36.7. The molecule has 0 heterocycles. The van der Waals surface area contributed by atoms with E-state index in [2.05, 4.69) is 81.3 Å². The van der Waals surface area contributed by atoms with Gasteiger partial charge < -0.3 is 10.0 Å². The topological polar surface area (TPSA) is 23.5 Å². The van der Waals surface area contributed by atoms with E-state index in [9.17, 15) is 5.11 Å². The highest BCUT2D eigenvalue weighted by molar-refractivity contribution is 4.93.